The highest BCUT2D eigenvalue weighted by Crippen LogP contribution is 2.35. The number of rotatable bonds is 8. The summed E-state index contributed by atoms with van der Waals surface area (Å²) in [6, 6.07) is 0.709. The molecule has 2 heteroatoms. The molecule has 1 aliphatic carbocycles. The van der Waals surface area contributed by atoms with Crippen LogP contribution in [0.2, 0.25) is 0 Å². The van der Waals surface area contributed by atoms with Crippen molar-refractivity contribution in [3.63, 3.8) is 0 Å². The van der Waals surface area contributed by atoms with Gasteiger partial charge in [0.15, 0.2) is 0 Å². The van der Waals surface area contributed by atoms with Gasteiger partial charge in [0.25, 0.3) is 0 Å². The Labute approximate surface area is 114 Å². The van der Waals surface area contributed by atoms with Gasteiger partial charge in [-0.25, -0.2) is 0 Å². The van der Waals surface area contributed by atoms with Crippen molar-refractivity contribution in [2.45, 2.75) is 65.8 Å². The van der Waals surface area contributed by atoms with Gasteiger partial charge in [0.05, 0.1) is 0 Å². The summed E-state index contributed by atoms with van der Waals surface area (Å²) in [6.07, 6.45) is 6.73. The summed E-state index contributed by atoms with van der Waals surface area (Å²) in [5.41, 5.74) is 0. The zero-order chi connectivity index (χ0) is 13.4. The van der Waals surface area contributed by atoms with Crippen molar-refractivity contribution < 1.29 is 4.74 Å². The zero-order valence-electron chi connectivity index (χ0n) is 12.9. The van der Waals surface area contributed by atoms with Crippen LogP contribution in [0.1, 0.15) is 59.8 Å². The second-order valence-electron chi connectivity index (χ2n) is 6.18. The van der Waals surface area contributed by atoms with Crippen LogP contribution in [-0.2, 0) is 4.74 Å². The van der Waals surface area contributed by atoms with E-state index in [1.54, 1.807) is 0 Å². The van der Waals surface area contributed by atoms with E-state index in [-0.39, 0.29) is 0 Å². The van der Waals surface area contributed by atoms with E-state index in [2.05, 4.69) is 33.0 Å². The van der Waals surface area contributed by atoms with Crippen LogP contribution in [0.3, 0.4) is 0 Å². The molecule has 1 aliphatic rings. The topological polar surface area (TPSA) is 21.3 Å². The van der Waals surface area contributed by atoms with Crippen LogP contribution in [0.4, 0.5) is 0 Å². The lowest BCUT2D eigenvalue weighted by atomic mass is 9.73. The van der Waals surface area contributed by atoms with Crippen LogP contribution >= 0.6 is 0 Å². The Morgan fingerprint density at radius 3 is 2.33 bits per heavy atom. The summed E-state index contributed by atoms with van der Waals surface area (Å²) in [6.45, 7) is 12.0. The lowest BCUT2D eigenvalue weighted by Gasteiger charge is -2.37. The quantitative estimate of drug-likeness (QED) is 0.665. The van der Waals surface area contributed by atoms with Gasteiger partial charge >= 0.3 is 0 Å². The van der Waals surface area contributed by atoms with E-state index in [9.17, 15) is 0 Å². The largest absolute Gasteiger partial charge is 0.382 e. The minimum atomic E-state index is 0.709. The summed E-state index contributed by atoms with van der Waals surface area (Å²) < 4.78 is 5.46. The van der Waals surface area contributed by atoms with Crippen molar-refractivity contribution in [3.05, 3.63) is 0 Å². The van der Waals surface area contributed by atoms with Crippen LogP contribution in [0.5, 0.6) is 0 Å². The van der Waals surface area contributed by atoms with E-state index in [4.69, 9.17) is 4.74 Å². The smallest absolute Gasteiger partial charge is 0.0466 e. The average Bonchev–Trinajstić information content (AvgIpc) is 2.32. The van der Waals surface area contributed by atoms with Crippen molar-refractivity contribution in [1.29, 1.82) is 0 Å². The first-order chi connectivity index (χ1) is 8.67. The third-order valence-corrected chi connectivity index (χ3v) is 4.26. The molecular formula is C16H33NO. The zero-order valence-corrected chi connectivity index (χ0v) is 12.9. The fourth-order valence-corrected chi connectivity index (χ4v) is 3.65. The van der Waals surface area contributed by atoms with Gasteiger partial charge in [-0.15, -0.1) is 0 Å². The van der Waals surface area contributed by atoms with Crippen molar-refractivity contribution in [1.82, 2.24) is 5.32 Å². The fourth-order valence-electron chi connectivity index (χ4n) is 3.65. The maximum absolute atomic E-state index is 5.46. The number of hydrogen-bond donors (Lipinski definition) is 1. The molecule has 0 aromatic rings. The first kappa shape index (κ1) is 16.0. The van der Waals surface area contributed by atoms with Gasteiger partial charge in [-0.05, 0) is 63.3 Å². The summed E-state index contributed by atoms with van der Waals surface area (Å²) in [4.78, 5) is 0. The highest BCUT2D eigenvalue weighted by atomic mass is 16.5. The van der Waals surface area contributed by atoms with Crippen LogP contribution in [0, 0.1) is 17.8 Å². The molecule has 0 aromatic carbocycles. The van der Waals surface area contributed by atoms with E-state index in [1.165, 1.54) is 32.1 Å². The van der Waals surface area contributed by atoms with E-state index in [1.807, 2.05) is 0 Å². The van der Waals surface area contributed by atoms with E-state index in [0.29, 0.717) is 6.04 Å². The second-order valence-corrected chi connectivity index (χ2v) is 6.18. The first-order valence-corrected chi connectivity index (χ1v) is 7.98. The van der Waals surface area contributed by atoms with Gasteiger partial charge in [-0.2, -0.15) is 0 Å². The minimum Gasteiger partial charge on any atom is -0.382 e. The lowest BCUT2D eigenvalue weighted by Crippen LogP contribution is -2.39. The fraction of sp³-hybridized carbons (Fsp3) is 1.00. The Bertz CT molecular complexity index is 197. The summed E-state index contributed by atoms with van der Waals surface area (Å²) in [7, 11) is 0. The normalized spacial score (nSPS) is 30.3. The maximum Gasteiger partial charge on any atom is 0.0466 e. The van der Waals surface area contributed by atoms with Crippen molar-refractivity contribution in [2.75, 3.05) is 19.8 Å². The Balaban J connectivity index is 2.38. The van der Waals surface area contributed by atoms with Crippen molar-refractivity contribution in [3.8, 4) is 0 Å². The van der Waals surface area contributed by atoms with Crippen LogP contribution in [0.25, 0.3) is 0 Å². The number of hydrogen-bond acceptors (Lipinski definition) is 2. The average molecular weight is 255 g/mol. The Kier molecular flexibility index (Phi) is 7.92. The molecule has 108 valence electrons. The molecule has 2 nitrogen and oxygen atoms in total. The Morgan fingerprint density at radius 2 is 1.78 bits per heavy atom. The molecule has 1 fully saturated rings. The van der Waals surface area contributed by atoms with Gasteiger partial charge in [0, 0.05) is 19.3 Å². The monoisotopic (exact) mass is 255 g/mol. The Hall–Kier alpha value is -0.0800. The van der Waals surface area contributed by atoms with E-state index < -0.39 is 0 Å². The van der Waals surface area contributed by atoms with Gasteiger partial charge in [0.2, 0.25) is 0 Å². The highest BCUT2D eigenvalue weighted by molar-refractivity contribution is 4.83. The van der Waals surface area contributed by atoms with Crippen LogP contribution in [0.15, 0.2) is 0 Å². The molecule has 1 rings (SSSR count). The summed E-state index contributed by atoms with van der Waals surface area (Å²) >= 11 is 0. The molecule has 18 heavy (non-hydrogen) atoms. The van der Waals surface area contributed by atoms with Gasteiger partial charge in [-0.3, -0.25) is 0 Å². The third-order valence-electron chi connectivity index (χ3n) is 4.26. The molecule has 0 radical (unpaired) electrons. The molecular weight excluding hydrogens is 222 g/mol. The van der Waals surface area contributed by atoms with Crippen molar-refractivity contribution >= 4 is 0 Å². The molecule has 1 N–H and O–H groups in total. The predicted octanol–water partition coefficient (Wildman–Crippen LogP) is 3.85. The van der Waals surface area contributed by atoms with Gasteiger partial charge in [0.1, 0.15) is 0 Å². The molecule has 0 spiro atoms. The molecule has 3 atom stereocenters. The second kappa shape index (κ2) is 8.92. The molecule has 0 saturated heterocycles. The third kappa shape index (κ3) is 5.71. The minimum absolute atomic E-state index is 0.709. The van der Waals surface area contributed by atoms with Crippen LogP contribution < -0.4 is 5.32 Å². The van der Waals surface area contributed by atoms with Gasteiger partial charge < -0.3 is 10.1 Å². The summed E-state index contributed by atoms with van der Waals surface area (Å²) in [5.74, 6) is 2.70. The first-order valence-electron chi connectivity index (χ1n) is 7.98. The molecule has 0 amide bonds. The Morgan fingerprint density at radius 1 is 1.11 bits per heavy atom. The van der Waals surface area contributed by atoms with Crippen molar-refractivity contribution in [2.24, 2.45) is 17.8 Å². The SMILES string of the molecule is CCNC(CCCOCC)C1CC(C)CC(C)C1. The van der Waals surface area contributed by atoms with Crippen LogP contribution in [-0.4, -0.2) is 25.8 Å². The number of ether oxygens (including phenoxy) is 1. The van der Waals surface area contributed by atoms with E-state index >= 15 is 0 Å². The molecule has 1 saturated carbocycles. The molecule has 3 unspecified atom stereocenters. The lowest BCUT2D eigenvalue weighted by molar-refractivity contribution is 0.128. The highest BCUT2D eigenvalue weighted by Gasteiger charge is 2.29. The maximum atomic E-state index is 5.46. The van der Waals surface area contributed by atoms with Gasteiger partial charge in [-0.1, -0.05) is 20.8 Å². The van der Waals surface area contributed by atoms with E-state index in [0.717, 1.165) is 37.5 Å². The standard InChI is InChI=1S/C16H33NO/c1-5-17-16(8-7-9-18-6-2)15-11-13(3)10-14(4)12-15/h13-17H,5-12H2,1-4H3. The molecule has 0 heterocycles. The summed E-state index contributed by atoms with van der Waals surface area (Å²) in [5, 5.41) is 3.71. The molecule has 0 bridgehead atoms. The molecule has 0 aromatic heterocycles. The number of nitrogens with one attached hydrogen (secondary N) is 1. The predicted molar refractivity (Wildman–Crippen MR) is 78.9 cm³/mol. The molecule has 0 aliphatic heterocycles.